The second kappa shape index (κ2) is 9.95. The Balaban J connectivity index is 1.42. The van der Waals surface area contributed by atoms with Gasteiger partial charge in [0.15, 0.2) is 0 Å². The summed E-state index contributed by atoms with van der Waals surface area (Å²) in [4.78, 5) is 31.5. The Labute approximate surface area is 196 Å². The van der Waals surface area contributed by atoms with Gasteiger partial charge in [-0.25, -0.2) is 4.98 Å². The van der Waals surface area contributed by atoms with E-state index < -0.39 is 11.9 Å². The molecule has 1 N–H and O–H groups in total. The van der Waals surface area contributed by atoms with Gasteiger partial charge in [-0.2, -0.15) is 0 Å². The first-order valence-corrected chi connectivity index (χ1v) is 11.6. The molecule has 0 saturated carbocycles. The van der Waals surface area contributed by atoms with Crippen LogP contribution in [0.5, 0.6) is 0 Å². The zero-order chi connectivity index (χ0) is 23.4. The predicted molar refractivity (Wildman–Crippen MR) is 131 cm³/mol. The molecule has 0 unspecified atom stereocenters. The molecule has 2 heterocycles. The highest BCUT2D eigenvalue weighted by atomic mass is 32.2. The lowest BCUT2D eigenvalue weighted by molar-refractivity contribution is -0.109. The van der Waals surface area contributed by atoms with E-state index in [1.54, 1.807) is 6.20 Å². The topological polar surface area (TPSA) is 80.4 Å². The van der Waals surface area contributed by atoms with Gasteiger partial charge in [-0.05, 0) is 23.8 Å². The highest BCUT2D eigenvalue weighted by Gasteiger charge is 2.19. The molecule has 33 heavy (non-hydrogen) atoms. The van der Waals surface area contributed by atoms with Crippen LogP contribution in [0.4, 0.5) is 5.69 Å². The normalized spacial score (nSPS) is 12.0. The quantitative estimate of drug-likeness (QED) is 0.300. The molecule has 1 amide bonds. The molecule has 0 spiro atoms. The second-order valence-corrected chi connectivity index (χ2v) is 9.08. The first-order valence-electron chi connectivity index (χ1n) is 10.6. The van der Waals surface area contributed by atoms with E-state index in [9.17, 15) is 9.59 Å². The lowest BCUT2D eigenvalue weighted by Crippen LogP contribution is -2.38. The van der Waals surface area contributed by atoms with E-state index in [4.69, 9.17) is 4.42 Å². The van der Waals surface area contributed by atoms with Crippen LogP contribution in [0, 0.1) is 0 Å². The number of carbonyl (C=O) groups is 2. The van der Waals surface area contributed by atoms with E-state index in [1.807, 2.05) is 62.6 Å². The number of benzene rings is 2. The Bertz CT molecular complexity index is 1260. The van der Waals surface area contributed by atoms with E-state index >= 15 is 0 Å². The van der Waals surface area contributed by atoms with Crippen molar-refractivity contribution in [2.75, 3.05) is 24.7 Å². The fraction of sp³-hybridized carbons (Fsp3) is 0.240. The second-order valence-electron chi connectivity index (χ2n) is 8.02. The molecule has 8 heteroatoms. The van der Waals surface area contributed by atoms with Crippen LogP contribution in [0.3, 0.4) is 0 Å². The monoisotopic (exact) mass is 462 g/mol. The summed E-state index contributed by atoms with van der Waals surface area (Å²) in [6, 6.07) is 15.5. The molecule has 1 atom stereocenters. The number of aryl methyl sites for hydroxylation is 1. The zero-order valence-electron chi connectivity index (χ0n) is 18.8. The van der Waals surface area contributed by atoms with Crippen molar-refractivity contribution in [3.05, 3.63) is 78.1 Å². The fourth-order valence-corrected chi connectivity index (χ4v) is 4.67. The van der Waals surface area contributed by atoms with Crippen molar-refractivity contribution in [1.29, 1.82) is 0 Å². The Morgan fingerprint density at radius 3 is 2.76 bits per heavy atom. The molecule has 0 fully saturated rings. The molecule has 170 valence electrons. The summed E-state index contributed by atoms with van der Waals surface area (Å²) in [5.41, 5.74) is 3.24. The molecule has 0 saturated heterocycles. The summed E-state index contributed by atoms with van der Waals surface area (Å²) in [6.45, 7) is 0. The Morgan fingerprint density at radius 1 is 1.24 bits per heavy atom. The standard InChI is InChI=1S/C25H26N4O3S/c1-28(2)22-12-18-9-10-29(3)21(18)13-23(22)33-16-19(15-30)27-24(31)25-26-14-20(32-25)11-17-7-5-4-6-8-17/h4-10,12-15,19H,11,16H2,1-3H3,(H,27,31)/t19-/m1/s1. The molecule has 4 aromatic rings. The number of oxazole rings is 1. The first kappa shape index (κ1) is 22.7. The zero-order valence-corrected chi connectivity index (χ0v) is 19.6. The average Bonchev–Trinajstić information content (AvgIpc) is 3.43. The third-order valence-corrected chi connectivity index (χ3v) is 6.48. The smallest absolute Gasteiger partial charge is 0.307 e. The van der Waals surface area contributed by atoms with Crippen LogP contribution in [0.25, 0.3) is 10.9 Å². The van der Waals surface area contributed by atoms with Crippen molar-refractivity contribution >= 4 is 40.5 Å². The van der Waals surface area contributed by atoms with E-state index in [1.165, 1.54) is 11.8 Å². The maximum atomic E-state index is 12.6. The van der Waals surface area contributed by atoms with E-state index in [0.29, 0.717) is 17.9 Å². The number of aldehydes is 1. The van der Waals surface area contributed by atoms with Gasteiger partial charge < -0.3 is 24.0 Å². The number of nitrogens with one attached hydrogen (secondary N) is 1. The number of carbonyl (C=O) groups excluding carboxylic acids is 2. The number of anilines is 1. The van der Waals surface area contributed by atoms with Crippen LogP contribution in [0.2, 0.25) is 0 Å². The molecule has 0 aliphatic heterocycles. The predicted octanol–water partition coefficient (Wildman–Crippen LogP) is 3.91. The summed E-state index contributed by atoms with van der Waals surface area (Å²) >= 11 is 1.53. The molecule has 7 nitrogen and oxygen atoms in total. The highest BCUT2D eigenvalue weighted by molar-refractivity contribution is 7.99. The van der Waals surface area contributed by atoms with Gasteiger partial charge in [-0.3, -0.25) is 4.79 Å². The molecular weight excluding hydrogens is 436 g/mol. The van der Waals surface area contributed by atoms with Crippen molar-refractivity contribution in [2.24, 2.45) is 7.05 Å². The average molecular weight is 463 g/mol. The molecule has 0 aliphatic carbocycles. The number of fused-ring (bicyclic) bond motifs is 1. The minimum atomic E-state index is -0.675. The summed E-state index contributed by atoms with van der Waals surface area (Å²) in [6.07, 6.45) is 4.86. The van der Waals surface area contributed by atoms with Crippen molar-refractivity contribution in [2.45, 2.75) is 17.4 Å². The van der Waals surface area contributed by atoms with E-state index in [0.717, 1.165) is 33.3 Å². The van der Waals surface area contributed by atoms with Gasteiger partial charge in [0.05, 0.1) is 17.9 Å². The van der Waals surface area contributed by atoms with Crippen LogP contribution in [0.1, 0.15) is 22.0 Å². The van der Waals surface area contributed by atoms with Gasteiger partial charge in [-0.1, -0.05) is 30.3 Å². The van der Waals surface area contributed by atoms with E-state index in [-0.39, 0.29) is 5.89 Å². The minimum Gasteiger partial charge on any atom is -0.437 e. The number of hydrogen-bond acceptors (Lipinski definition) is 6. The lowest BCUT2D eigenvalue weighted by atomic mass is 10.1. The number of amides is 1. The molecule has 2 aromatic heterocycles. The number of thioether (sulfide) groups is 1. The van der Waals surface area contributed by atoms with Crippen molar-refractivity contribution in [1.82, 2.24) is 14.9 Å². The van der Waals surface area contributed by atoms with Gasteiger partial charge in [0.25, 0.3) is 5.89 Å². The molecule has 0 aliphatic rings. The minimum absolute atomic E-state index is 0.0445. The van der Waals surface area contributed by atoms with Gasteiger partial charge in [-0.15, -0.1) is 11.8 Å². The van der Waals surface area contributed by atoms with Crippen LogP contribution in [-0.4, -0.2) is 47.6 Å². The number of aromatic nitrogens is 2. The van der Waals surface area contributed by atoms with Crippen LogP contribution in [-0.2, 0) is 18.3 Å². The maximum Gasteiger partial charge on any atom is 0.307 e. The number of hydrogen-bond donors (Lipinski definition) is 1. The molecule has 0 radical (unpaired) electrons. The largest absolute Gasteiger partial charge is 0.437 e. The third-order valence-electron chi connectivity index (χ3n) is 5.32. The number of nitrogens with zero attached hydrogens (tertiary/aromatic N) is 3. The Morgan fingerprint density at radius 2 is 2.03 bits per heavy atom. The summed E-state index contributed by atoms with van der Waals surface area (Å²) in [7, 11) is 5.98. The molecular formula is C25H26N4O3S. The SMILES string of the molecule is CN(C)c1cc2ccn(C)c2cc1SC[C@@H](C=O)NC(=O)c1ncc(Cc2ccccc2)o1. The van der Waals surface area contributed by atoms with Gasteiger partial charge >= 0.3 is 5.91 Å². The van der Waals surface area contributed by atoms with Crippen LogP contribution < -0.4 is 10.2 Å². The van der Waals surface area contributed by atoms with Gasteiger partial charge in [0.1, 0.15) is 12.0 Å². The molecule has 4 rings (SSSR count). The highest BCUT2D eigenvalue weighted by Crippen LogP contribution is 2.34. The Kier molecular flexibility index (Phi) is 6.84. The first-order chi connectivity index (χ1) is 15.9. The van der Waals surface area contributed by atoms with Crippen LogP contribution in [0.15, 0.2) is 70.2 Å². The number of rotatable bonds is 9. The van der Waals surface area contributed by atoms with Gasteiger partial charge in [0.2, 0.25) is 0 Å². The van der Waals surface area contributed by atoms with Crippen LogP contribution >= 0.6 is 11.8 Å². The van der Waals surface area contributed by atoms with Crippen molar-refractivity contribution in [3.8, 4) is 0 Å². The third kappa shape index (κ3) is 5.28. The van der Waals surface area contributed by atoms with Crippen molar-refractivity contribution < 1.29 is 14.0 Å². The fourth-order valence-electron chi connectivity index (χ4n) is 3.57. The Hall–Kier alpha value is -3.52. The van der Waals surface area contributed by atoms with E-state index in [2.05, 4.69) is 33.1 Å². The van der Waals surface area contributed by atoms with Crippen molar-refractivity contribution in [3.63, 3.8) is 0 Å². The summed E-state index contributed by atoms with van der Waals surface area (Å²) in [5.74, 6) is 0.438. The van der Waals surface area contributed by atoms with Gasteiger partial charge in [0, 0.05) is 55.3 Å². The summed E-state index contributed by atoms with van der Waals surface area (Å²) in [5, 5.41) is 3.87. The summed E-state index contributed by atoms with van der Waals surface area (Å²) < 4.78 is 7.67. The lowest BCUT2D eigenvalue weighted by Gasteiger charge is -2.19. The molecule has 2 aromatic carbocycles. The molecule has 0 bridgehead atoms. The maximum absolute atomic E-state index is 12.6.